The van der Waals surface area contributed by atoms with Gasteiger partial charge in [0.25, 0.3) is 0 Å². The van der Waals surface area contributed by atoms with Gasteiger partial charge in [0.05, 0.1) is 18.5 Å². The van der Waals surface area contributed by atoms with Crippen LogP contribution in [-0.2, 0) is 6.42 Å². The predicted octanol–water partition coefficient (Wildman–Crippen LogP) is 1.97. The van der Waals surface area contributed by atoms with Crippen LogP contribution in [0.4, 0.5) is 10.5 Å². The van der Waals surface area contributed by atoms with Crippen molar-refractivity contribution in [3.05, 3.63) is 36.4 Å². The molecule has 0 spiro atoms. The lowest BCUT2D eigenvalue weighted by Crippen LogP contribution is -2.37. The SMILES string of the molecule is COc1cc2c(cc1NC(=O)N[C@H](C)Cc1cnccn1)OCO2. The molecule has 0 saturated carbocycles. The summed E-state index contributed by atoms with van der Waals surface area (Å²) in [5.41, 5.74) is 1.32. The highest BCUT2D eigenvalue weighted by molar-refractivity contribution is 5.91. The highest BCUT2D eigenvalue weighted by atomic mass is 16.7. The van der Waals surface area contributed by atoms with Gasteiger partial charge in [-0.1, -0.05) is 0 Å². The number of nitrogens with one attached hydrogen (secondary N) is 2. The molecular weight excluding hydrogens is 312 g/mol. The van der Waals surface area contributed by atoms with Crippen molar-refractivity contribution in [2.75, 3.05) is 19.2 Å². The lowest BCUT2D eigenvalue weighted by molar-refractivity contribution is 0.174. The number of hydrogen-bond acceptors (Lipinski definition) is 6. The van der Waals surface area contributed by atoms with Crippen molar-refractivity contribution in [3.63, 3.8) is 0 Å². The van der Waals surface area contributed by atoms with Gasteiger partial charge in [0, 0.05) is 43.2 Å². The Balaban J connectivity index is 1.62. The molecule has 1 aromatic heterocycles. The number of ether oxygens (including phenoxy) is 3. The van der Waals surface area contributed by atoms with E-state index >= 15 is 0 Å². The van der Waals surface area contributed by atoms with Crippen molar-refractivity contribution in [2.24, 2.45) is 0 Å². The molecule has 0 unspecified atom stereocenters. The normalized spacial score (nSPS) is 13.2. The Hall–Kier alpha value is -3.03. The Bertz CT molecular complexity index is 724. The Morgan fingerprint density at radius 1 is 1.33 bits per heavy atom. The summed E-state index contributed by atoms with van der Waals surface area (Å²) in [6, 6.07) is 2.90. The number of hydrogen-bond donors (Lipinski definition) is 2. The second-order valence-electron chi connectivity index (χ2n) is 5.31. The van der Waals surface area contributed by atoms with Crippen LogP contribution in [-0.4, -0.2) is 35.9 Å². The van der Waals surface area contributed by atoms with Gasteiger partial charge in [-0.15, -0.1) is 0 Å². The van der Waals surface area contributed by atoms with Gasteiger partial charge in [0.2, 0.25) is 6.79 Å². The van der Waals surface area contributed by atoms with Crippen LogP contribution < -0.4 is 24.8 Å². The summed E-state index contributed by atoms with van der Waals surface area (Å²) in [4.78, 5) is 20.4. The molecule has 24 heavy (non-hydrogen) atoms. The predicted molar refractivity (Wildman–Crippen MR) is 86.5 cm³/mol. The lowest BCUT2D eigenvalue weighted by atomic mass is 10.2. The fraction of sp³-hybridized carbons (Fsp3) is 0.312. The smallest absolute Gasteiger partial charge is 0.319 e. The van der Waals surface area contributed by atoms with Gasteiger partial charge in [-0.25, -0.2) is 4.79 Å². The summed E-state index contributed by atoms with van der Waals surface area (Å²) < 4.78 is 15.9. The van der Waals surface area contributed by atoms with Crippen molar-refractivity contribution in [1.29, 1.82) is 0 Å². The average molecular weight is 330 g/mol. The molecule has 1 aliphatic heterocycles. The van der Waals surface area contributed by atoms with E-state index in [1.807, 2.05) is 6.92 Å². The molecule has 2 amide bonds. The molecule has 2 heterocycles. The quantitative estimate of drug-likeness (QED) is 0.870. The molecule has 0 bridgehead atoms. The van der Waals surface area contributed by atoms with E-state index < -0.39 is 0 Å². The number of amides is 2. The van der Waals surface area contributed by atoms with Gasteiger partial charge >= 0.3 is 6.03 Å². The minimum absolute atomic E-state index is 0.110. The third-order valence-corrected chi connectivity index (χ3v) is 3.45. The van der Waals surface area contributed by atoms with Crippen LogP contribution in [0.25, 0.3) is 0 Å². The molecule has 2 aromatic rings. The number of urea groups is 1. The second kappa shape index (κ2) is 7.03. The number of benzene rings is 1. The van der Waals surface area contributed by atoms with E-state index in [0.717, 1.165) is 5.69 Å². The maximum Gasteiger partial charge on any atom is 0.319 e. The van der Waals surface area contributed by atoms with Crippen LogP contribution in [0.5, 0.6) is 17.2 Å². The van der Waals surface area contributed by atoms with Gasteiger partial charge in [0.1, 0.15) is 5.75 Å². The Morgan fingerprint density at radius 3 is 2.83 bits per heavy atom. The second-order valence-corrected chi connectivity index (χ2v) is 5.31. The standard InChI is InChI=1S/C16H18N4O4/c1-10(5-11-8-17-3-4-18-11)19-16(21)20-12-6-14-15(24-9-23-14)7-13(12)22-2/h3-4,6-8,10H,5,9H2,1-2H3,(H2,19,20,21)/t10-/m1/s1. The van der Waals surface area contributed by atoms with Gasteiger partial charge in [-0.2, -0.15) is 0 Å². The zero-order valence-electron chi connectivity index (χ0n) is 13.4. The maximum absolute atomic E-state index is 12.2. The van der Waals surface area contributed by atoms with Crippen LogP contribution in [0.2, 0.25) is 0 Å². The van der Waals surface area contributed by atoms with E-state index in [-0.39, 0.29) is 18.9 Å². The number of rotatable bonds is 5. The number of carbonyl (C=O) groups is 1. The van der Waals surface area contributed by atoms with Gasteiger partial charge in [-0.3, -0.25) is 9.97 Å². The van der Waals surface area contributed by atoms with Crippen molar-refractivity contribution < 1.29 is 19.0 Å². The maximum atomic E-state index is 12.2. The third kappa shape index (κ3) is 3.65. The molecule has 126 valence electrons. The topological polar surface area (TPSA) is 94.6 Å². The molecule has 1 atom stereocenters. The molecule has 0 fully saturated rings. The van der Waals surface area contributed by atoms with E-state index in [0.29, 0.717) is 29.4 Å². The average Bonchev–Trinajstić information content (AvgIpc) is 3.01. The van der Waals surface area contributed by atoms with Crippen LogP contribution in [0.15, 0.2) is 30.7 Å². The lowest BCUT2D eigenvalue weighted by Gasteiger charge is -2.16. The van der Waals surface area contributed by atoms with E-state index in [1.165, 1.54) is 7.11 Å². The minimum atomic E-state index is -0.344. The number of methoxy groups -OCH3 is 1. The highest BCUT2D eigenvalue weighted by Crippen LogP contribution is 2.40. The zero-order chi connectivity index (χ0) is 16.9. The van der Waals surface area contributed by atoms with Crippen LogP contribution in [0.1, 0.15) is 12.6 Å². The number of fused-ring (bicyclic) bond motifs is 1. The van der Waals surface area contributed by atoms with E-state index in [1.54, 1.807) is 30.7 Å². The molecule has 1 aliphatic rings. The number of carbonyl (C=O) groups excluding carboxylic acids is 1. The number of nitrogens with zero attached hydrogens (tertiary/aromatic N) is 2. The largest absolute Gasteiger partial charge is 0.494 e. The van der Waals surface area contributed by atoms with Gasteiger partial charge < -0.3 is 24.8 Å². The summed E-state index contributed by atoms with van der Waals surface area (Å²) in [6.07, 6.45) is 5.50. The zero-order valence-corrected chi connectivity index (χ0v) is 13.4. The van der Waals surface area contributed by atoms with Crippen molar-refractivity contribution in [3.8, 4) is 17.2 Å². The molecule has 8 nitrogen and oxygen atoms in total. The van der Waals surface area contributed by atoms with Crippen LogP contribution in [0, 0.1) is 0 Å². The summed E-state index contributed by atoms with van der Waals surface area (Å²) in [5, 5.41) is 5.61. The number of anilines is 1. The first-order valence-corrected chi connectivity index (χ1v) is 7.45. The van der Waals surface area contributed by atoms with E-state index in [9.17, 15) is 4.79 Å². The molecule has 3 rings (SSSR count). The van der Waals surface area contributed by atoms with Gasteiger partial charge in [-0.05, 0) is 6.92 Å². The molecule has 1 aromatic carbocycles. The van der Waals surface area contributed by atoms with Crippen molar-refractivity contribution in [2.45, 2.75) is 19.4 Å². The summed E-state index contributed by atoms with van der Waals surface area (Å²) in [5.74, 6) is 1.66. The Kier molecular flexibility index (Phi) is 4.64. The molecule has 0 saturated heterocycles. The molecular formula is C16H18N4O4. The highest BCUT2D eigenvalue weighted by Gasteiger charge is 2.19. The van der Waals surface area contributed by atoms with Crippen LogP contribution >= 0.6 is 0 Å². The first kappa shape index (κ1) is 15.9. The van der Waals surface area contributed by atoms with Crippen molar-refractivity contribution >= 4 is 11.7 Å². The number of aromatic nitrogens is 2. The van der Waals surface area contributed by atoms with Gasteiger partial charge in [0.15, 0.2) is 11.5 Å². The van der Waals surface area contributed by atoms with Crippen LogP contribution in [0.3, 0.4) is 0 Å². The van der Waals surface area contributed by atoms with E-state index in [4.69, 9.17) is 14.2 Å². The fourth-order valence-electron chi connectivity index (χ4n) is 2.37. The summed E-state index contributed by atoms with van der Waals surface area (Å²) >= 11 is 0. The first-order valence-electron chi connectivity index (χ1n) is 7.45. The monoisotopic (exact) mass is 330 g/mol. The first-order chi connectivity index (χ1) is 11.7. The van der Waals surface area contributed by atoms with E-state index in [2.05, 4.69) is 20.6 Å². The Labute approximate surface area is 139 Å². The molecule has 0 aliphatic carbocycles. The fourth-order valence-corrected chi connectivity index (χ4v) is 2.37. The Morgan fingerprint density at radius 2 is 2.12 bits per heavy atom. The van der Waals surface area contributed by atoms with Crippen molar-refractivity contribution in [1.82, 2.24) is 15.3 Å². The molecule has 2 N–H and O–H groups in total. The minimum Gasteiger partial charge on any atom is -0.494 e. The molecule has 8 heteroatoms. The third-order valence-electron chi connectivity index (χ3n) is 3.45. The summed E-state index contributed by atoms with van der Waals surface area (Å²) in [6.45, 7) is 2.05. The molecule has 0 radical (unpaired) electrons. The summed E-state index contributed by atoms with van der Waals surface area (Å²) in [7, 11) is 1.53.